The maximum absolute atomic E-state index is 12.9. The Balaban J connectivity index is 1.84. The number of rotatable bonds is 6. The Kier molecular flexibility index (Phi) is 5.00. The number of nitrogens with zero attached hydrogens (tertiary/aromatic N) is 4. The van der Waals surface area contributed by atoms with E-state index >= 15 is 0 Å². The van der Waals surface area contributed by atoms with Crippen molar-refractivity contribution >= 4 is 21.1 Å². The molecule has 0 aliphatic rings. The molecule has 0 bridgehead atoms. The summed E-state index contributed by atoms with van der Waals surface area (Å²) in [5, 5.41) is 4.48. The summed E-state index contributed by atoms with van der Waals surface area (Å²) in [5.41, 5.74) is 3.87. The summed E-state index contributed by atoms with van der Waals surface area (Å²) < 4.78 is 35.5. The lowest BCUT2D eigenvalue weighted by molar-refractivity contribution is 0.471. The number of benzene rings is 1. The van der Waals surface area contributed by atoms with Crippen LogP contribution < -0.4 is 5.76 Å². The third-order valence-electron chi connectivity index (χ3n) is 4.98. The molecule has 2 aromatic heterocycles. The van der Waals surface area contributed by atoms with E-state index < -0.39 is 15.8 Å². The van der Waals surface area contributed by atoms with Gasteiger partial charge in [-0.3, -0.25) is 9.25 Å². The zero-order chi connectivity index (χ0) is 19.9. The molecule has 0 aliphatic heterocycles. The highest BCUT2D eigenvalue weighted by molar-refractivity contribution is 7.89. The van der Waals surface area contributed by atoms with E-state index in [0.29, 0.717) is 18.5 Å². The van der Waals surface area contributed by atoms with Crippen molar-refractivity contribution in [1.82, 2.24) is 18.7 Å². The van der Waals surface area contributed by atoms with E-state index in [1.807, 2.05) is 25.5 Å². The summed E-state index contributed by atoms with van der Waals surface area (Å²) in [5.74, 6) is -0.521. The first-order valence-electron chi connectivity index (χ1n) is 8.75. The van der Waals surface area contributed by atoms with E-state index in [9.17, 15) is 13.2 Å². The van der Waals surface area contributed by atoms with Gasteiger partial charge in [-0.25, -0.2) is 17.5 Å². The largest absolute Gasteiger partial charge is 0.419 e. The summed E-state index contributed by atoms with van der Waals surface area (Å²) in [6, 6.07) is 4.48. The molecule has 0 aliphatic carbocycles. The SMILES string of the molecule is CCn1nc(C)c(CCN(C)S(=O)(=O)c2ccc3c(c2)oc(=O)n3C)c1C. The van der Waals surface area contributed by atoms with E-state index in [1.54, 1.807) is 20.2 Å². The Morgan fingerprint density at radius 3 is 2.59 bits per heavy atom. The molecular weight excluding hydrogens is 368 g/mol. The lowest BCUT2D eigenvalue weighted by atomic mass is 10.1. The van der Waals surface area contributed by atoms with Crippen LogP contribution in [0.4, 0.5) is 0 Å². The van der Waals surface area contributed by atoms with Crippen LogP contribution in [0.2, 0.25) is 0 Å². The Bertz CT molecular complexity index is 1150. The fourth-order valence-corrected chi connectivity index (χ4v) is 4.44. The maximum atomic E-state index is 12.9. The molecule has 0 N–H and O–H groups in total. The van der Waals surface area contributed by atoms with E-state index in [1.165, 1.54) is 21.0 Å². The number of sulfonamides is 1. The minimum absolute atomic E-state index is 0.101. The van der Waals surface area contributed by atoms with Crippen LogP contribution in [-0.2, 0) is 30.0 Å². The van der Waals surface area contributed by atoms with Gasteiger partial charge >= 0.3 is 5.76 Å². The molecule has 3 rings (SSSR count). The van der Waals surface area contributed by atoms with Crippen molar-refractivity contribution in [3.05, 3.63) is 45.7 Å². The maximum Gasteiger partial charge on any atom is 0.419 e. The zero-order valence-electron chi connectivity index (χ0n) is 16.2. The van der Waals surface area contributed by atoms with Crippen LogP contribution in [0.25, 0.3) is 11.1 Å². The molecule has 27 heavy (non-hydrogen) atoms. The van der Waals surface area contributed by atoms with Crippen LogP contribution >= 0.6 is 0 Å². The Morgan fingerprint density at radius 1 is 1.26 bits per heavy atom. The molecule has 0 spiro atoms. The minimum Gasteiger partial charge on any atom is -0.408 e. The smallest absolute Gasteiger partial charge is 0.408 e. The van der Waals surface area contributed by atoms with Crippen molar-refractivity contribution in [3.8, 4) is 0 Å². The molecular formula is C18H24N4O4S. The molecule has 0 radical (unpaired) electrons. The first kappa shape index (κ1) is 19.4. The van der Waals surface area contributed by atoms with E-state index in [0.717, 1.165) is 23.5 Å². The van der Waals surface area contributed by atoms with Gasteiger partial charge < -0.3 is 4.42 Å². The molecule has 8 nitrogen and oxygen atoms in total. The van der Waals surface area contributed by atoms with Crippen LogP contribution in [0.15, 0.2) is 32.3 Å². The summed E-state index contributed by atoms with van der Waals surface area (Å²) in [6.07, 6.45) is 0.579. The van der Waals surface area contributed by atoms with Crippen molar-refractivity contribution in [3.63, 3.8) is 0 Å². The van der Waals surface area contributed by atoms with Crippen molar-refractivity contribution in [2.75, 3.05) is 13.6 Å². The third-order valence-corrected chi connectivity index (χ3v) is 6.83. The number of oxazole rings is 1. The van der Waals surface area contributed by atoms with Crippen LogP contribution in [0.3, 0.4) is 0 Å². The number of hydrogen-bond donors (Lipinski definition) is 0. The lowest BCUT2D eigenvalue weighted by Crippen LogP contribution is -2.29. The van der Waals surface area contributed by atoms with Gasteiger partial charge in [0.15, 0.2) is 5.58 Å². The lowest BCUT2D eigenvalue weighted by Gasteiger charge is -2.17. The predicted molar refractivity (Wildman–Crippen MR) is 102 cm³/mol. The molecule has 0 saturated carbocycles. The summed E-state index contributed by atoms with van der Waals surface area (Å²) in [4.78, 5) is 11.7. The molecule has 146 valence electrons. The van der Waals surface area contributed by atoms with E-state index in [4.69, 9.17) is 4.42 Å². The summed E-state index contributed by atoms with van der Waals surface area (Å²) in [6.45, 7) is 7.07. The Labute approximate surface area is 158 Å². The highest BCUT2D eigenvalue weighted by Gasteiger charge is 2.23. The van der Waals surface area contributed by atoms with Gasteiger partial charge in [-0.1, -0.05) is 0 Å². The fourth-order valence-electron chi connectivity index (χ4n) is 3.25. The molecule has 0 atom stereocenters. The second kappa shape index (κ2) is 6.97. The van der Waals surface area contributed by atoms with Crippen LogP contribution in [-0.4, -0.2) is 40.7 Å². The molecule has 0 amide bonds. The van der Waals surface area contributed by atoms with Gasteiger partial charge in [-0.15, -0.1) is 0 Å². The zero-order valence-corrected chi connectivity index (χ0v) is 17.0. The highest BCUT2D eigenvalue weighted by atomic mass is 32.2. The Hall–Kier alpha value is -2.39. The molecule has 3 aromatic rings. The van der Waals surface area contributed by atoms with E-state index in [2.05, 4.69) is 5.10 Å². The molecule has 2 heterocycles. The number of hydrogen-bond acceptors (Lipinski definition) is 5. The van der Waals surface area contributed by atoms with Crippen LogP contribution in [0.5, 0.6) is 0 Å². The first-order chi connectivity index (χ1) is 12.7. The average Bonchev–Trinajstić information content (AvgIpc) is 3.07. The molecule has 0 unspecified atom stereocenters. The standard InChI is InChI=1S/C18H24N4O4S/c1-6-22-13(3)15(12(2)19-22)9-10-20(4)27(24,25)14-7-8-16-17(11-14)26-18(23)21(16)5/h7-8,11H,6,9-10H2,1-5H3. The number of likely N-dealkylation sites (N-methyl/N-ethyl adjacent to an activating group) is 1. The minimum atomic E-state index is -3.69. The van der Waals surface area contributed by atoms with Gasteiger partial charge in [0.05, 0.1) is 16.1 Å². The highest BCUT2D eigenvalue weighted by Crippen LogP contribution is 2.21. The van der Waals surface area contributed by atoms with Crippen molar-refractivity contribution in [2.24, 2.45) is 7.05 Å². The van der Waals surface area contributed by atoms with Gasteiger partial charge in [-0.2, -0.15) is 5.10 Å². The Morgan fingerprint density at radius 2 is 1.96 bits per heavy atom. The average molecular weight is 392 g/mol. The quantitative estimate of drug-likeness (QED) is 0.638. The second-order valence-electron chi connectivity index (χ2n) is 6.60. The second-order valence-corrected chi connectivity index (χ2v) is 8.64. The molecule has 9 heteroatoms. The van der Waals surface area contributed by atoms with Crippen molar-refractivity contribution < 1.29 is 12.8 Å². The molecule has 1 aromatic carbocycles. The van der Waals surface area contributed by atoms with Crippen LogP contribution in [0.1, 0.15) is 23.9 Å². The van der Waals surface area contributed by atoms with Gasteiger partial charge in [-0.05, 0) is 44.9 Å². The number of aromatic nitrogens is 3. The first-order valence-corrected chi connectivity index (χ1v) is 10.2. The van der Waals surface area contributed by atoms with Crippen molar-refractivity contribution in [2.45, 2.75) is 38.6 Å². The number of aryl methyl sites for hydroxylation is 3. The summed E-state index contributed by atoms with van der Waals surface area (Å²) >= 11 is 0. The fraction of sp³-hybridized carbons (Fsp3) is 0.444. The third kappa shape index (κ3) is 3.32. The van der Waals surface area contributed by atoms with E-state index in [-0.39, 0.29) is 10.5 Å². The van der Waals surface area contributed by atoms with Gasteiger partial charge in [0, 0.05) is 38.9 Å². The monoisotopic (exact) mass is 392 g/mol. The van der Waals surface area contributed by atoms with Crippen LogP contribution in [0, 0.1) is 13.8 Å². The number of fused-ring (bicyclic) bond motifs is 1. The predicted octanol–water partition coefficient (Wildman–Crippen LogP) is 1.83. The summed E-state index contributed by atoms with van der Waals surface area (Å²) in [7, 11) is -0.564. The normalized spacial score (nSPS) is 12.4. The van der Waals surface area contributed by atoms with Gasteiger partial charge in [0.1, 0.15) is 0 Å². The van der Waals surface area contributed by atoms with Gasteiger partial charge in [0.2, 0.25) is 10.0 Å². The van der Waals surface area contributed by atoms with Gasteiger partial charge in [0.25, 0.3) is 0 Å². The molecule has 0 fully saturated rings. The molecule has 0 saturated heterocycles. The van der Waals surface area contributed by atoms with Crippen molar-refractivity contribution in [1.29, 1.82) is 0 Å². The topological polar surface area (TPSA) is 90.3 Å².